The summed E-state index contributed by atoms with van der Waals surface area (Å²) in [6, 6.07) is 13.4. The molecule has 0 radical (unpaired) electrons. The molecule has 1 N–H and O–H groups in total. The molecule has 1 aliphatic rings. The van der Waals surface area contributed by atoms with E-state index >= 15 is 0 Å². The van der Waals surface area contributed by atoms with E-state index in [1.54, 1.807) is 13.8 Å². The van der Waals surface area contributed by atoms with Gasteiger partial charge in [-0.05, 0) is 56.5 Å². The SMILES string of the molecule is CC(C)NC(=O)C(C)OC(=O)c1cccc(S(=O)(=O)N2CCc3ccccc3C2)c1. The molecule has 1 amide bonds. The summed E-state index contributed by atoms with van der Waals surface area (Å²) in [4.78, 5) is 24.4. The molecule has 30 heavy (non-hydrogen) atoms. The van der Waals surface area contributed by atoms with Crippen molar-refractivity contribution in [1.82, 2.24) is 9.62 Å². The molecule has 3 rings (SSSR count). The molecular formula is C22H26N2O5S. The van der Waals surface area contributed by atoms with E-state index < -0.39 is 28.0 Å². The number of hydrogen-bond acceptors (Lipinski definition) is 5. The molecule has 0 saturated heterocycles. The number of nitrogens with zero attached hydrogens (tertiary/aromatic N) is 1. The number of fused-ring (bicyclic) bond motifs is 1. The lowest BCUT2D eigenvalue weighted by Gasteiger charge is -2.28. The Morgan fingerprint density at radius 3 is 2.43 bits per heavy atom. The van der Waals surface area contributed by atoms with Gasteiger partial charge >= 0.3 is 5.97 Å². The first-order valence-electron chi connectivity index (χ1n) is 9.87. The summed E-state index contributed by atoms with van der Waals surface area (Å²) in [5.41, 5.74) is 2.21. The molecule has 0 aliphatic carbocycles. The van der Waals surface area contributed by atoms with Crippen molar-refractivity contribution in [2.75, 3.05) is 6.54 Å². The van der Waals surface area contributed by atoms with E-state index in [0.717, 1.165) is 11.1 Å². The number of carbonyl (C=O) groups is 2. The van der Waals surface area contributed by atoms with Gasteiger partial charge < -0.3 is 10.1 Å². The largest absolute Gasteiger partial charge is 0.449 e. The van der Waals surface area contributed by atoms with Crippen molar-refractivity contribution >= 4 is 21.9 Å². The van der Waals surface area contributed by atoms with Crippen molar-refractivity contribution in [2.45, 2.75) is 50.8 Å². The van der Waals surface area contributed by atoms with Crippen molar-refractivity contribution in [3.05, 3.63) is 65.2 Å². The highest BCUT2D eigenvalue weighted by Gasteiger charge is 2.29. The number of carbonyl (C=O) groups excluding carboxylic acids is 2. The number of rotatable bonds is 6. The summed E-state index contributed by atoms with van der Waals surface area (Å²) in [7, 11) is -3.78. The third-order valence-corrected chi connectivity index (χ3v) is 6.73. The highest BCUT2D eigenvalue weighted by molar-refractivity contribution is 7.89. The quantitative estimate of drug-likeness (QED) is 0.711. The van der Waals surface area contributed by atoms with E-state index in [-0.39, 0.29) is 16.5 Å². The number of nitrogens with one attached hydrogen (secondary N) is 1. The zero-order valence-corrected chi connectivity index (χ0v) is 18.1. The molecule has 0 spiro atoms. The Bertz CT molecular complexity index is 1050. The number of ether oxygens (including phenoxy) is 1. The van der Waals surface area contributed by atoms with Gasteiger partial charge in [-0.1, -0.05) is 30.3 Å². The zero-order valence-electron chi connectivity index (χ0n) is 17.3. The molecule has 1 atom stereocenters. The van der Waals surface area contributed by atoms with Crippen molar-refractivity contribution in [1.29, 1.82) is 0 Å². The predicted octanol–water partition coefficient (Wildman–Crippen LogP) is 2.50. The minimum absolute atomic E-state index is 0.0237. The highest BCUT2D eigenvalue weighted by Crippen LogP contribution is 2.25. The van der Waals surface area contributed by atoms with Crippen LogP contribution in [0.4, 0.5) is 0 Å². The maximum Gasteiger partial charge on any atom is 0.338 e. The number of benzene rings is 2. The molecule has 1 aliphatic heterocycles. The lowest BCUT2D eigenvalue weighted by molar-refractivity contribution is -0.129. The van der Waals surface area contributed by atoms with Crippen LogP contribution in [-0.4, -0.2) is 43.3 Å². The monoisotopic (exact) mass is 430 g/mol. The van der Waals surface area contributed by atoms with Gasteiger partial charge in [0.05, 0.1) is 10.5 Å². The molecular weight excluding hydrogens is 404 g/mol. The molecule has 8 heteroatoms. The van der Waals surface area contributed by atoms with Gasteiger partial charge in [-0.2, -0.15) is 4.31 Å². The molecule has 160 valence electrons. The van der Waals surface area contributed by atoms with Crippen molar-refractivity contribution in [3.8, 4) is 0 Å². The van der Waals surface area contributed by atoms with Crippen LogP contribution in [0.25, 0.3) is 0 Å². The minimum Gasteiger partial charge on any atom is -0.449 e. The standard InChI is InChI=1S/C22H26N2O5S/c1-15(2)23-21(25)16(3)29-22(26)18-9-6-10-20(13-18)30(27,28)24-12-11-17-7-4-5-8-19(17)14-24/h4-10,13,15-16H,11-12,14H2,1-3H3,(H,23,25). The summed E-state index contributed by atoms with van der Waals surface area (Å²) in [6.07, 6.45) is -0.349. The summed E-state index contributed by atoms with van der Waals surface area (Å²) in [5.74, 6) is -1.16. The van der Waals surface area contributed by atoms with Crippen molar-refractivity contribution in [3.63, 3.8) is 0 Å². The molecule has 2 aromatic rings. The van der Waals surface area contributed by atoms with Gasteiger partial charge in [0.25, 0.3) is 5.91 Å². The van der Waals surface area contributed by atoms with Crippen molar-refractivity contribution < 1.29 is 22.7 Å². The second-order valence-electron chi connectivity index (χ2n) is 7.60. The second-order valence-corrected chi connectivity index (χ2v) is 9.53. The van der Waals surface area contributed by atoms with E-state index in [9.17, 15) is 18.0 Å². The van der Waals surface area contributed by atoms with Crippen LogP contribution >= 0.6 is 0 Å². The van der Waals surface area contributed by atoms with Crippen LogP contribution < -0.4 is 5.32 Å². The normalized spacial score (nSPS) is 15.3. The Balaban J connectivity index is 1.76. The highest BCUT2D eigenvalue weighted by atomic mass is 32.2. The molecule has 1 unspecified atom stereocenters. The van der Waals surface area contributed by atoms with Gasteiger partial charge in [-0.15, -0.1) is 0 Å². The average molecular weight is 431 g/mol. The maximum absolute atomic E-state index is 13.1. The Hall–Kier alpha value is -2.71. The number of amides is 1. The lowest BCUT2D eigenvalue weighted by atomic mass is 10.0. The number of esters is 1. The molecule has 1 heterocycles. The van der Waals surface area contributed by atoms with Crippen LogP contribution in [0.1, 0.15) is 42.3 Å². The van der Waals surface area contributed by atoms with E-state index in [1.165, 1.54) is 35.5 Å². The maximum atomic E-state index is 13.1. The zero-order chi connectivity index (χ0) is 21.9. The molecule has 2 aromatic carbocycles. The topological polar surface area (TPSA) is 92.8 Å². The van der Waals surface area contributed by atoms with E-state index in [0.29, 0.717) is 19.5 Å². The Morgan fingerprint density at radius 2 is 1.73 bits per heavy atom. The van der Waals surface area contributed by atoms with Gasteiger partial charge in [0, 0.05) is 19.1 Å². The third kappa shape index (κ3) is 4.88. The summed E-state index contributed by atoms with van der Waals surface area (Å²) in [6.45, 7) is 5.75. The molecule has 0 bridgehead atoms. The Labute approximate surface area is 177 Å². The first-order valence-corrected chi connectivity index (χ1v) is 11.3. The van der Waals surface area contributed by atoms with Gasteiger partial charge in [0.2, 0.25) is 10.0 Å². The van der Waals surface area contributed by atoms with Crippen LogP contribution in [0.2, 0.25) is 0 Å². The summed E-state index contributed by atoms with van der Waals surface area (Å²) >= 11 is 0. The minimum atomic E-state index is -3.78. The number of sulfonamides is 1. The van der Waals surface area contributed by atoms with Crippen molar-refractivity contribution in [2.24, 2.45) is 0 Å². The van der Waals surface area contributed by atoms with Crippen LogP contribution in [0.5, 0.6) is 0 Å². The third-order valence-electron chi connectivity index (χ3n) is 4.89. The van der Waals surface area contributed by atoms with Crippen LogP contribution in [-0.2, 0) is 32.5 Å². The van der Waals surface area contributed by atoms with Crippen LogP contribution in [0, 0.1) is 0 Å². The molecule has 0 fully saturated rings. The fourth-order valence-electron chi connectivity index (χ4n) is 3.29. The fraction of sp³-hybridized carbons (Fsp3) is 0.364. The summed E-state index contributed by atoms with van der Waals surface area (Å²) < 4.78 is 32.9. The Kier molecular flexibility index (Phi) is 6.58. The van der Waals surface area contributed by atoms with Gasteiger partial charge in [0.15, 0.2) is 6.10 Å². The van der Waals surface area contributed by atoms with Crippen LogP contribution in [0.3, 0.4) is 0 Å². The number of hydrogen-bond donors (Lipinski definition) is 1. The average Bonchev–Trinajstić information content (AvgIpc) is 2.72. The lowest BCUT2D eigenvalue weighted by Crippen LogP contribution is -2.39. The Morgan fingerprint density at radius 1 is 1.03 bits per heavy atom. The van der Waals surface area contributed by atoms with Gasteiger partial charge in [0.1, 0.15) is 0 Å². The van der Waals surface area contributed by atoms with Gasteiger partial charge in [-0.25, -0.2) is 13.2 Å². The van der Waals surface area contributed by atoms with Gasteiger partial charge in [-0.3, -0.25) is 4.79 Å². The summed E-state index contributed by atoms with van der Waals surface area (Å²) in [5, 5.41) is 2.67. The smallest absolute Gasteiger partial charge is 0.338 e. The first-order chi connectivity index (χ1) is 14.2. The van der Waals surface area contributed by atoms with E-state index in [1.807, 2.05) is 24.3 Å². The second kappa shape index (κ2) is 8.97. The fourth-order valence-corrected chi connectivity index (χ4v) is 4.76. The first kappa shape index (κ1) is 22.0. The van der Waals surface area contributed by atoms with Crippen LogP contribution in [0.15, 0.2) is 53.4 Å². The van der Waals surface area contributed by atoms with E-state index in [2.05, 4.69) is 5.32 Å². The molecule has 0 aromatic heterocycles. The molecule has 0 saturated carbocycles. The predicted molar refractivity (Wildman–Crippen MR) is 112 cm³/mol. The molecule has 7 nitrogen and oxygen atoms in total. The van der Waals surface area contributed by atoms with E-state index in [4.69, 9.17) is 4.74 Å².